The first kappa shape index (κ1) is 12.1. The lowest BCUT2D eigenvalue weighted by atomic mass is 9.99. The van der Waals surface area contributed by atoms with Crippen molar-refractivity contribution in [1.82, 2.24) is 5.32 Å². The van der Waals surface area contributed by atoms with Crippen LogP contribution in [-0.4, -0.2) is 18.2 Å². The second-order valence-electron chi connectivity index (χ2n) is 4.83. The molecule has 2 heterocycles. The normalized spacial score (nSPS) is 32.6. The van der Waals surface area contributed by atoms with Crippen molar-refractivity contribution in [2.75, 3.05) is 0 Å². The number of nitrogens with one attached hydrogen (secondary N) is 1. The molecular weight excluding hydrogens is 218 g/mol. The topological polar surface area (TPSA) is 21.3 Å². The van der Waals surface area contributed by atoms with E-state index in [1.165, 1.54) is 4.88 Å². The largest absolute Gasteiger partial charge is 0.375 e. The van der Waals surface area contributed by atoms with Crippen molar-refractivity contribution in [3.05, 3.63) is 22.4 Å². The number of thiophene rings is 1. The van der Waals surface area contributed by atoms with Gasteiger partial charge in [0.2, 0.25) is 0 Å². The van der Waals surface area contributed by atoms with Crippen molar-refractivity contribution in [2.24, 2.45) is 0 Å². The first-order valence-corrected chi connectivity index (χ1v) is 6.98. The third-order valence-corrected chi connectivity index (χ3v) is 4.21. The summed E-state index contributed by atoms with van der Waals surface area (Å²) in [7, 11) is 0. The minimum absolute atomic E-state index is 0.386. The highest BCUT2D eigenvalue weighted by molar-refractivity contribution is 7.10. The van der Waals surface area contributed by atoms with E-state index >= 15 is 0 Å². The van der Waals surface area contributed by atoms with Gasteiger partial charge >= 0.3 is 0 Å². The molecule has 0 aliphatic carbocycles. The molecule has 0 saturated carbocycles. The summed E-state index contributed by atoms with van der Waals surface area (Å²) in [5.74, 6) is 0. The van der Waals surface area contributed by atoms with Gasteiger partial charge in [0.1, 0.15) is 0 Å². The SMILES string of the molecule is CC1CC(N[C@@H](C)c2cccs2)CC(C)O1. The van der Waals surface area contributed by atoms with Gasteiger partial charge in [0.05, 0.1) is 12.2 Å². The quantitative estimate of drug-likeness (QED) is 0.873. The first-order chi connectivity index (χ1) is 7.65. The predicted molar refractivity (Wildman–Crippen MR) is 68.9 cm³/mol. The third-order valence-electron chi connectivity index (χ3n) is 3.15. The molecule has 1 N–H and O–H groups in total. The Kier molecular flexibility index (Phi) is 4.00. The molecule has 2 unspecified atom stereocenters. The molecule has 0 bridgehead atoms. The zero-order chi connectivity index (χ0) is 11.5. The lowest BCUT2D eigenvalue weighted by Gasteiger charge is -2.34. The van der Waals surface area contributed by atoms with Crippen LogP contribution in [0.3, 0.4) is 0 Å². The summed E-state index contributed by atoms with van der Waals surface area (Å²) in [6.45, 7) is 6.58. The molecule has 3 heteroatoms. The molecule has 1 fully saturated rings. The van der Waals surface area contributed by atoms with Crippen LogP contribution in [0.1, 0.15) is 44.5 Å². The lowest BCUT2D eigenvalue weighted by molar-refractivity contribution is -0.0433. The van der Waals surface area contributed by atoms with E-state index in [1.807, 2.05) is 11.3 Å². The summed E-state index contributed by atoms with van der Waals surface area (Å²) in [5, 5.41) is 5.85. The molecule has 1 saturated heterocycles. The van der Waals surface area contributed by atoms with Crippen molar-refractivity contribution in [3.8, 4) is 0 Å². The highest BCUT2D eigenvalue weighted by Gasteiger charge is 2.25. The molecule has 3 atom stereocenters. The average molecular weight is 239 g/mol. The van der Waals surface area contributed by atoms with E-state index in [2.05, 4.69) is 43.6 Å². The first-order valence-electron chi connectivity index (χ1n) is 6.10. The van der Waals surface area contributed by atoms with Crippen molar-refractivity contribution >= 4 is 11.3 Å². The molecule has 0 radical (unpaired) electrons. The van der Waals surface area contributed by atoms with Gasteiger partial charge < -0.3 is 10.1 Å². The molecule has 1 aliphatic heterocycles. The van der Waals surface area contributed by atoms with Crippen LogP contribution in [0.4, 0.5) is 0 Å². The third kappa shape index (κ3) is 3.06. The Bertz CT molecular complexity index is 302. The fourth-order valence-corrected chi connectivity index (χ4v) is 3.26. The number of rotatable bonds is 3. The summed E-state index contributed by atoms with van der Waals surface area (Å²) in [5.41, 5.74) is 0. The van der Waals surface area contributed by atoms with Gasteiger partial charge in [-0.25, -0.2) is 0 Å². The van der Waals surface area contributed by atoms with E-state index < -0.39 is 0 Å². The van der Waals surface area contributed by atoms with Gasteiger partial charge in [0, 0.05) is 17.0 Å². The predicted octanol–water partition coefficient (Wildman–Crippen LogP) is 3.35. The number of hydrogen-bond acceptors (Lipinski definition) is 3. The van der Waals surface area contributed by atoms with Crippen LogP contribution < -0.4 is 5.32 Å². The molecule has 2 nitrogen and oxygen atoms in total. The summed E-state index contributed by atoms with van der Waals surface area (Å²) < 4.78 is 5.75. The van der Waals surface area contributed by atoms with E-state index in [9.17, 15) is 0 Å². The van der Waals surface area contributed by atoms with Gasteiger partial charge in [-0.15, -0.1) is 11.3 Å². The highest BCUT2D eigenvalue weighted by Crippen LogP contribution is 2.24. The van der Waals surface area contributed by atoms with E-state index in [0.29, 0.717) is 24.3 Å². The van der Waals surface area contributed by atoms with Gasteiger partial charge in [-0.05, 0) is 45.1 Å². The number of ether oxygens (including phenoxy) is 1. The van der Waals surface area contributed by atoms with E-state index in [1.54, 1.807) is 0 Å². The van der Waals surface area contributed by atoms with Crippen LogP contribution in [0.5, 0.6) is 0 Å². The van der Waals surface area contributed by atoms with Gasteiger partial charge in [-0.1, -0.05) is 6.07 Å². The van der Waals surface area contributed by atoms with E-state index in [4.69, 9.17) is 4.74 Å². The van der Waals surface area contributed by atoms with Crippen LogP contribution in [-0.2, 0) is 4.74 Å². The Morgan fingerprint density at radius 2 is 2.06 bits per heavy atom. The number of hydrogen-bond donors (Lipinski definition) is 1. The molecule has 1 aromatic heterocycles. The summed E-state index contributed by atoms with van der Waals surface area (Å²) in [6.07, 6.45) is 3.02. The van der Waals surface area contributed by atoms with Crippen molar-refractivity contribution in [1.29, 1.82) is 0 Å². The molecule has 0 amide bonds. The Morgan fingerprint density at radius 3 is 2.62 bits per heavy atom. The van der Waals surface area contributed by atoms with E-state index in [0.717, 1.165) is 12.8 Å². The Balaban J connectivity index is 1.89. The smallest absolute Gasteiger partial charge is 0.0565 e. The van der Waals surface area contributed by atoms with Crippen LogP contribution in [0.15, 0.2) is 17.5 Å². The summed E-state index contributed by atoms with van der Waals surface area (Å²) >= 11 is 1.83. The molecule has 1 aromatic rings. The Morgan fingerprint density at radius 1 is 1.38 bits per heavy atom. The van der Waals surface area contributed by atoms with Crippen molar-refractivity contribution in [3.63, 3.8) is 0 Å². The minimum atomic E-state index is 0.386. The zero-order valence-corrected chi connectivity index (χ0v) is 11.1. The van der Waals surface area contributed by atoms with Gasteiger partial charge in [-0.2, -0.15) is 0 Å². The molecular formula is C13H21NOS. The van der Waals surface area contributed by atoms with Crippen LogP contribution >= 0.6 is 11.3 Å². The molecule has 1 aliphatic rings. The second-order valence-corrected chi connectivity index (χ2v) is 5.81. The molecule has 0 spiro atoms. The van der Waals surface area contributed by atoms with E-state index in [-0.39, 0.29) is 0 Å². The maximum atomic E-state index is 5.75. The summed E-state index contributed by atoms with van der Waals surface area (Å²) in [6, 6.07) is 5.38. The molecule has 90 valence electrons. The van der Waals surface area contributed by atoms with Crippen LogP contribution in [0.25, 0.3) is 0 Å². The minimum Gasteiger partial charge on any atom is -0.375 e. The molecule has 16 heavy (non-hydrogen) atoms. The van der Waals surface area contributed by atoms with Crippen LogP contribution in [0, 0.1) is 0 Å². The standard InChI is InChI=1S/C13H21NOS/c1-9-7-12(8-10(2)15-9)14-11(3)13-5-4-6-16-13/h4-6,9-12,14H,7-8H2,1-3H3/t9?,10?,11-,12?/m0/s1. The maximum Gasteiger partial charge on any atom is 0.0565 e. The molecule has 0 aromatic carbocycles. The van der Waals surface area contributed by atoms with Crippen molar-refractivity contribution in [2.45, 2.75) is 57.9 Å². The second kappa shape index (κ2) is 5.30. The van der Waals surface area contributed by atoms with Crippen LogP contribution in [0.2, 0.25) is 0 Å². The fourth-order valence-electron chi connectivity index (χ4n) is 2.51. The Labute approximate surface area is 102 Å². The van der Waals surface area contributed by atoms with Crippen molar-refractivity contribution < 1.29 is 4.74 Å². The molecule has 2 rings (SSSR count). The Hall–Kier alpha value is -0.380. The maximum absolute atomic E-state index is 5.75. The van der Waals surface area contributed by atoms with Gasteiger partial charge in [0.25, 0.3) is 0 Å². The zero-order valence-electron chi connectivity index (χ0n) is 10.3. The van der Waals surface area contributed by atoms with Gasteiger partial charge in [0.15, 0.2) is 0 Å². The fraction of sp³-hybridized carbons (Fsp3) is 0.692. The van der Waals surface area contributed by atoms with Gasteiger partial charge in [-0.3, -0.25) is 0 Å². The highest BCUT2D eigenvalue weighted by atomic mass is 32.1. The average Bonchev–Trinajstić information content (AvgIpc) is 2.68. The monoisotopic (exact) mass is 239 g/mol. The summed E-state index contributed by atoms with van der Waals surface area (Å²) in [4.78, 5) is 1.42. The lowest BCUT2D eigenvalue weighted by Crippen LogP contribution is -2.42.